The highest BCUT2D eigenvalue weighted by atomic mass is 16.3. The van der Waals surface area contributed by atoms with Crippen molar-refractivity contribution in [3.63, 3.8) is 0 Å². The van der Waals surface area contributed by atoms with Gasteiger partial charge >= 0.3 is 5.69 Å². The number of hydrogen-bond acceptors (Lipinski definition) is 6. The number of anilines is 1. The maximum atomic E-state index is 12.3. The number of pyridine rings is 1. The fourth-order valence-electron chi connectivity index (χ4n) is 2.02. The molecule has 0 aliphatic rings. The lowest BCUT2D eigenvalue weighted by Crippen LogP contribution is -2.33. The van der Waals surface area contributed by atoms with Crippen LogP contribution in [0.2, 0.25) is 0 Å². The first-order valence-corrected chi connectivity index (χ1v) is 6.63. The zero-order chi connectivity index (χ0) is 15.7. The van der Waals surface area contributed by atoms with E-state index in [1.54, 1.807) is 19.1 Å². The van der Waals surface area contributed by atoms with E-state index in [1.807, 2.05) is 0 Å². The van der Waals surface area contributed by atoms with Crippen LogP contribution in [0.5, 0.6) is 0 Å². The lowest BCUT2D eigenvalue weighted by Gasteiger charge is -2.08. The molecule has 3 aromatic rings. The van der Waals surface area contributed by atoms with Gasteiger partial charge in [-0.2, -0.15) is 0 Å². The molecule has 3 rings (SSSR count). The summed E-state index contributed by atoms with van der Waals surface area (Å²) in [7, 11) is 0. The quantitative estimate of drug-likeness (QED) is 0.518. The van der Waals surface area contributed by atoms with E-state index in [0.29, 0.717) is 18.1 Å². The molecular weight excluding hydrogens is 288 g/mol. The van der Waals surface area contributed by atoms with Crippen LogP contribution in [0.1, 0.15) is 6.92 Å². The average molecular weight is 302 g/mol. The number of H-pyrrole nitrogens is 2. The summed E-state index contributed by atoms with van der Waals surface area (Å²) in [6.45, 7) is 2.01. The normalized spacial score (nSPS) is 12.5. The highest BCUT2D eigenvalue weighted by Crippen LogP contribution is 2.07. The second-order valence-electron chi connectivity index (χ2n) is 4.83. The van der Waals surface area contributed by atoms with Crippen LogP contribution < -0.4 is 16.6 Å². The number of aliphatic hydroxyl groups is 1. The molecule has 0 aliphatic carbocycles. The van der Waals surface area contributed by atoms with Gasteiger partial charge in [0.25, 0.3) is 5.56 Å². The molecule has 22 heavy (non-hydrogen) atoms. The summed E-state index contributed by atoms with van der Waals surface area (Å²) in [5, 5.41) is 12.1. The van der Waals surface area contributed by atoms with Gasteiger partial charge in [0.1, 0.15) is 11.3 Å². The summed E-state index contributed by atoms with van der Waals surface area (Å²) in [5.41, 5.74) is -0.311. The van der Waals surface area contributed by atoms with Crippen LogP contribution in [0.3, 0.4) is 0 Å². The van der Waals surface area contributed by atoms with E-state index < -0.39 is 17.4 Å². The SMILES string of the molecule is CC(O)CNc1ccc(-n2c(=O)[nH]c3nc[nH]c3c2=O)cn1. The minimum absolute atomic E-state index is 0.217. The molecule has 0 radical (unpaired) electrons. The van der Waals surface area contributed by atoms with Crippen LogP contribution in [0.4, 0.5) is 5.82 Å². The van der Waals surface area contributed by atoms with Crippen molar-refractivity contribution in [3.8, 4) is 5.69 Å². The van der Waals surface area contributed by atoms with Crippen molar-refractivity contribution in [1.82, 2.24) is 24.5 Å². The number of rotatable bonds is 4. The fourth-order valence-corrected chi connectivity index (χ4v) is 2.02. The Bertz CT molecular complexity index is 906. The molecule has 3 aromatic heterocycles. The van der Waals surface area contributed by atoms with Crippen molar-refractivity contribution in [2.45, 2.75) is 13.0 Å². The number of imidazole rings is 1. The molecule has 4 N–H and O–H groups in total. The van der Waals surface area contributed by atoms with E-state index >= 15 is 0 Å². The third-order valence-electron chi connectivity index (χ3n) is 3.07. The Morgan fingerprint density at radius 1 is 1.36 bits per heavy atom. The first kappa shape index (κ1) is 14.0. The number of aliphatic hydroxyl groups excluding tert-OH is 1. The molecular formula is C13H14N6O3. The van der Waals surface area contributed by atoms with Crippen molar-refractivity contribution in [2.24, 2.45) is 0 Å². The van der Waals surface area contributed by atoms with Crippen molar-refractivity contribution in [3.05, 3.63) is 45.5 Å². The molecule has 0 amide bonds. The number of nitrogens with zero attached hydrogens (tertiary/aromatic N) is 3. The summed E-state index contributed by atoms with van der Waals surface area (Å²) >= 11 is 0. The first-order chi connectivity index (χ1) is 10.6. The van der Waals surface area contributed by atoms with Gasteiger partial charge in [0, 0.05) is 6.54 Å². The minimum atomic E-state index is -0.587. The van der Waals surface area contributed by atoms with Crippen molar-refractivity contribution in [2.75, 3.05) is 11.9 Å². The standard InChI is InChI=1S/C13H14N6O3/c1-7(20)4-14-9-3-2-8(5-15-9)19-12(21)10-11(17-6-16-10)18-13(19)22/h2-3,5-7,20H,4H2,1H3,(H,14,15)(H,16,17)(H,18,22). The van der Waals surface area contributed by atoms with E-state index in [-0.39, 0.29) is 11.2 Å². The zero-order valence-corrected chi connectivity index (χ0v) is 11.7. The summed E-state index contributed by atoms with van der Waals surface area (Å²) in [6.07, 6.45) is 2.24. The largest absolute Gasteiger partial charge is 0.392 e. The maximum absolute atomic E-state index is 12.3. The monoisotopic (exact) mass is 302 g/mol. The van der Waals surface area contributed by atoms with E-state index in [2.05, 4.69) is 25.3 Å². The number of hydrogen-bond donors (Lipinski definition) is 4. The summed E-state index contributed by atoms with van der Waals surface area (Å²) < 4.78 is 0.978. The Kier molecular flexibility index (Phi) is 3.47. The third-order valence-corrected chi connectivity index (χ3v) is 3.07. The topological polar surface area (TPSA) is 129 Å². The van der Waals surface area contributed by atoms with E-state index in [0.717, 1.165) is 4.57 Å². The van der Waals surface area contributed by atoms with Crippen LogP contribution in [0, 0.1) is 0 Å². The summed E-state index contributed by atoms with van der Waals surface area (Å²) in [5.74, 6) is 0.539. The number of aromatic amines is 2. The molecule has 0 bridgehead atoms. The van der Waals surface area contributed by atoms with Gasteiger partial charge in [-0.3, -0.25) is 9.78 Å². The first-order valence-electron chi connectivity index (χ1n) is 6.63. The second kappa shape index (κ2) is 5.45. The highest BCUT2D eigenvalue weighted by molar-refractivity contribution is 5.68. The summed E-state index contributed by atoms with van der Waals surface area (Å²) in [6, 6.07) is 3.22. The number of nitrogens with one attached hydrogen (secondary N) is 3. The molecule has 9 nitrogen and oxygen atoms in total. The Balaban J connectivity index is 2.01. The Labute approximate surface area is 123 Å². The Morgan fingerprint density at radius 3 is 2.86 bits per heavy atom. The third kappa shape index (κ3) is 2.49. The lowest BCUT2D eigenvalue weighted by molar-refractivity contribution is 0.208. The van der Waals surface area contributed by atoms with Gasteiger partial charge in [0.2, 0.25) is 0 Å². The van der Waals surface area contributed by atoms with Gasteiger partial charge in [0.15, 0.2) is 5.65 Å². The molecule has 3 heterocycles. The highest BCUT2D eigenvalue weighted by Gasteiger charge is 2.11. The van der Waals surface area contributed by atoms with Gasteiger partial charge < -0.3 is 15.4 Å². The smallest absolute Gasteiger partial charge is 0.334 e. The molecule has 0 spiro atoms. The van der Waals surface area contributed by atoms with Crippen molar-refractivity contribution in [1.29, 1.82) is 0 Å². The molecule has 9 heteroatoms. The van der Waals surface area contributed by atoms with Gasteiger partial charge in [-0.15, -0.1) is 0 Å². The van der Waals surface area contributed by atoms with Crippen LogP contribution in [-0.2, 0) is 0 Å². The lowest BCUT2D eigenvalue weighted by atomic mass is 10.3. The predicted molar refractivity (Wildman–Crippen MR) is 80.3 cm³/mol. The zero-order valence-electron chi connectivity index (χ0n) is 11.7. The molecule has 0 saturated heterocycles. The molecule has 0 aromatic carbocycles. The average Bonchev–Trinajstić information content (AvgIpc) is 2.95. The van der Waals surface area contributed by atoms with Crippen molar-refractivity contribution < 1.29 is 5.11 Å². The molecule has 0 saturated carbocycles. The number of fused-ring (bicyclic) bond motifs is 1. The Hall–Kier alpha value is -2.94. The molecule has 1 atom stereocenters. The molecule has 114 valence electrons. The molecule has 1 unspecified atom stereocenters. The molecule has 0 aliphatic heterocycles. The van der Waals surface area contributed by atoms with Crippen LogP contribution >= 0.6 is 0 Å². The van der Waals surface area contributed by atoms with Crippen LogP contribution in [0.15, 0.2) is 34.2 Å². The van der Waals surface area contributed by atoms with Crippen molar-refractivity contribution >= 4 is 17.0 Å². The van der Waals surface area contributed by atoms with E-state index in [1.165, 1.54) is 12.5 Å². The van der Waals surface area contributed by atoms with Gasteiger partial charge in [-0.1, -0.05) is 0 Å². The second-order valence-corrected chi connectivity index (χ2v) is 4.83. The van der Waals surface area contributed by atoms with E-state index in [9.17, 15) is 14.7 Å². The van der Waals surface area contributed by atoms with E-state index in [4.69, 9.17) is 0 Å². The maximum Gasteiger partial charge on any atom is 0.334 e. The van der Waals surface area contributed by atoms with Gasteiger partial charge in [-0.25, -0.2) is 19.3 Å². The van der Waals surface area contributed by atoms with Gasteiger partial charge in [-0.05, 0) is 19.1 Å². The predicted octanol–water partition coefficient (Wildman–Crippen LogP) is -0.410. The Morgan fingerprint density at radius 2 is 2.18 bits per heavy atom. The number of aromatic nitrogens is 5. The fraction of sp³-hybridized carbons (Fsp3) is 0.231. The van der Waals surface area contributed by atoms with Crippen LogP contribution in [0.25, 0.3) is 16.9 Å². The molecule has 0 fully saturated rings. The van der Waals surface area contributed by atoms with Crippen LogP contribution in [-0.4, -0.2) is 42.3 Å². The minimum Gasteiger partial charge on any atom is -0.392 e. The summed E-state index contributed by atoms with van der Waals surface area (Å²) in [4.78, 5) is 37.5. The van der Waals surface area contributed by atoms with Gasteiger partial charge in [0.05, 0.1) is 24.3 Å².